The smallest absolute Gasteiger partial charge is 0.199 e. The number of aromatic amines is 1. The van der Waals surface area contributed by atoms with Crippen LogP contribution in [0.5, 0.6) is 0 Å². The summed E-state index contributed by atoms with van der Waals surface area (Å²) in [5, 5.41) is 7.07. The van der Waals surface area contributed by atoms with Crippen molar-refractivity contribution < 1.29 is 0 Å². The van der Waals surface area contributed by atoms with Crippen LogP contribution in [0.25, 0.3) is 17.2 Å². The standard InChI is InChI=1S/C14H17N5/c1-9-16-13(18-17-9)11-7-15-12-6-5-10(8-19(11)12)14(2,3)4/h5-8H,1-4H3,(H,16,17,18). The molecule has 19 heavy (non-hydrogen) atoms. The van der Waals surface area contributed by atoms with Crippen LogP contribution in [0.1, 0.15) is 32.2 Å². The predicted molar refractivity (Wildman–Crippen MR) is 74.0 cm³/mol. The minimum Gasteiger partial charge on any atom is -0.297 e. The molecule has 0 saturated heterocycles. The maximum Gasteiger partial charge on any atom is 0.199 e. The maximum atomic E-state index is 4.40. The van der Waals surface area contributed by atoms with Crippen molar-refractivity contribution in [3.8, 4) is 11.5 Å². The fourth-order valence-corrected chi connectivity index (χ4v) is 2.05. The summed E-state index contributed by atoms with van der Waals surface area (Å²) < 4.78 is 2.04. The number of hydrogen-bond donors (Lipinski definition) is 1. The number of fused-ring (bicyclic) bond motifs is 1. The Bertz CT molecular complexity index is 730. The topological polar surface area (TPSA) is 58.9 Å². The van der Waals surface area contributed by atoms with Crippen molar-refractivity contribution in [2.24, 2.45) is 0 Å². The van der Waals surface area contributed by atoms with Crippen LogP contribution < -0.4 is 0 Å². The lowest BCUT2D eigenvalue weighted by atomic mass is 9.88. The van der Waals surface area contributed by atoms with Gasteiger partial charge < -0.3 is 0 Å². The molecule has 0 aliphatic carbocycles. The monoisotopic (exact) mass is 255 g/mol. The van der Waals surface area contributed by atoms with E-state index in [1.54, 1.807) is 0 Å². The van der Waals surface area contributed by atoms with E-state index >= 15 is 0 Å². The zero-order valence-electron chi connectivity index (χ0n) is 11.6. The number of H-pyrrole nitrogens is 1. The van der Waals surface area contributed by atoms with Crippen molar-refractivity contribution in [3.05, 3.63) is 35.9 Å². The zero-order valence-corrected chi connectivity index (χ0v) is 11.6. The van der Waals surface area contributed by atoms with Crippen molar-refractivity contribution in [2.45, 2.75) is 33.1 Å². The predicted octanol–water partition coefficient (Wildman–Crippen LogP) is 2.73. The second-order valence-electron chi connectivity index (χ2n) is 5.78. The quantitative estimate of drug-likeness (QED) is 0.727. The number of nitrogens with one attached hydrogen (secondary N) is 1. The molecule has 98 valence electrons. The van der Waals surface area contributed by atoms with Crippen LogP contribution in [-0.4, -0.2) is 24.6 Å². The third-order valence-electron chi connectivity index (χ3n) is 3.20. The molecule has 0 bridgehead atoms. The minimum absolute atomic E-state index is 0.102. The van der Waals surface area contributed by atoms with Crippen LogP contribution in [0.2, 0.25) is 0 Å². The van der Waals surface area contributed by atoms with Gasteiger partial charge in [0, 0.05) is 6.20 Å². The van der Waals surface area contributed by atoms with Gasteiger partial charge in [0.25, 0.3) is 0 Å². The van der Waals surface area contributed by atoms with Gasteiger partial charge in [0.2, 0.25) is 0 Å². The third-order valence-corrected chi connectivity index (χ3v) is 3.20. The Morgan fingerprint density at radius 2 is 2.00 bits per heavy atom. The second kappa shape index (κ2) is 3.91. The number of nitrogens with zero attached hydrogens (tertiary/aromatic N) is 4. The Morgan fingerprint density at radius 1 is 1.21 bits per heavy atom. The lowest BCUT2D eigenvalue weighted by Crippen LogP contribution is -2.12. The van der Waals surface area contributed by atoms with Gasteiger partial charge in [-0.25, -0.2) is 9.97 Å². The molecule has 0 aromatic carbocycles. The average molecular weight is 255 g/mol. The number of hydrogen-bond acceptors (Lipinski definition) is 3. The number of aromatic nitrogens is 5. The number of pyridine rings is 1. The van der Waals surface area contributed by atoms with E-state index in [9.17, 15) is 0 Å². The van der Waals surface area contributed by atoms with E-state index in [2.05, 4.69) is 53.2 Å². The molecule has 0 radical (unpaired) electrons. The molecule has 0 unspecified atom stereocenters. The van der Waals surface area contributed by atoms with Crippen LogP contribution in [-0.2, 0) is 5.41 Å². The largest absolute Gasteiger partial charge is 0.297 e. The second-order valence-corrected chi connectivity index (χ2v) is 5.78. The van der Waals surface area contributed by atoms with E-state index in [0.717, 1.165) is 17.2 Å². The Balaban J connectivity index is 2.21. The highest BCUT2D eigenvalue weighted by Gasteiger charge is 2.16. The normalized spacial score (nSPS) is 12.2. The van der Waals surface area contributed by atoms with Gasteiger partial charge in [0.05, 0.1) is 6.20 Å². The Hall–Kier alpha value is -2.17. The summed E-state index contributed by atoms with van der Waals surface area (Å²) in [4.78, 5) is 8.76. The molecule has 0 atom stereocenters. The Labute approximate surface area is 111 Å². The van der Waals surface area contributed by atoms with Gasteiger partial charge >= 0.3 is 0 Å². The summed E-state index contributed by atoms with van der Waals surface area (Å²) in [5.41, 5.74) is 3.17. The molecule has 0 aliphatic heterocycles. The van der Waals surface area contributed by atoms with E-state index in [1.807, 2.05) is 23.6 Å². The highest BCUT2D eigenvalue weighted by Crippen LogP contribution is 2.24. The van der Waals surface area contributed by atoms with Crippen molar-refractivity contribution in [1.82, 2.24) is 24.6 Å². The first kappa shape index (κ1) is 11.9. The van der Waals surface area contributed by atoms with Crippen LogP contribution >= 0.6 is 0 Å². The molecule has 3 rings (SSSR count). The van der Waals surface area contributed by atoms with Crippen molar-refractivity contribution >= 4 is 5.65 Å². The van der Waals surface area contributed by atoms with E-state index in [4.69, 9.17) is 0 Å². The average Bonchev–Trinajstić information content (AvgIpc) is 2.92. The fraction of sp³-hybridized carbons (Fsp3) is 0.357. The third kappa shape index (κ3) is 2.01. The molecule has 0 saturated carbocycles. The van der Waals surface area contributed by atoms with Crippen LogP contribution in [0.3, 0.4) is 0 Å². The highest BCUT2D eigenvalue weighted by atomic mass is 15.2. The first-order chi connectivity index (χ1) is 8.95. The molecule has 3 aromatic rings. The lowest BCUT2D eigenvalue weighted by molar-refractivity contribution is 0.586. The maximum absolute atomic E-state index is 4.40. The summed E-state index contributed by atoms with van der Waals surface area (Å²) in [7, 11) is 0. The molecule has 0 fully saturated rings. The van der Waals surface area contributed by atoms with Gasteiger partial charge in [-0.2, -0.15) is 5.10 Å². The molecule has 0 spiro atoms. The Morgan fingerprint density at radius 3 is 2.63 bits per heavy atom. The summed E-state index contributed by atoms with van der Waals surface area (Å²) in [5.74, 6) is 1.48. The van der Waals surface area contributed by atoms with E-state index < -0.39 is 0 Å². The summed E-state index contributed by atoms with van der Waals surface area (Å²) in [6.07, 6.45) is 3.92. The molecular weight excluding hydrogens is 238 g/mol. The van der Waals surface area contributed by atoms with Gasteiger partial charge in [-0.1, -0.05) is 26.8 Å². The van der Waals surface area contributed by atoms with Gasteiger partial charge in [-0.15, -0.1) is 0 Å². The number of aryl methyl sites for hydroxylation is 1. The summed E-state index contributed by atoms with van der Waals surface area (Å²) >= 11 is 0. The molecular formula is C14H17N5. The molecule has 0 aliphatic rings. The summed E-state index contributed by atoms with van der Waals surface area (Å²) in [6, 6.07) is 4.15. The molecule has 3 heterocycles. The SMILES string of the molecule is Cc1nc(-c2cnc3ccc(C(C)(C)C)cn23)n[nH]1. The molecule has 5 heteroatoms. The van der Waals surface area contributed by atoms with Crippen molar-refractivity contribution in [3.63, 3.8) is 0 Å². The van der Waals surface area contributed by atoms with Crippen molar-refractivity contribution in [2.75, 3.05) is 0 Å². The van der Waals surface area contributed by atoms with Crippen LogP contribution in [0.15, 0.2) is 24.5 Å². The molecule has 5 nitrogen and oxygen atoms in total. The molecule has 0 amide bonds. The van der Waals surface area contributed by atoms with E-state index in [0.29, 0.717) is 5.82 Å². The first-order valence-corrected chi connectivity index (χ1v) is 6.32. The zero-order chi connectivity index (χ0) is 13.6. The lowest BCUT2D eigenvalue weighted by Gasteiger charge is -2.19. The van der Waals surface area contributed by atoms with Gasteiger partial charge in [0.15, 0.2) is 5.82 Å². The fourth-order valence-electron chi connectivity index (χ4n) is 2.05. The minimum atomic E-state index is 0.102. The first-order valence-electron chi connectivity index (χ1n) is 6.32. The van der Waals surface area contributed by atoms with Crippen molar-refractivity contribution in [1.29, 1.82) is 0 Å². The number of rotatable bonds is 1. The van der Waals surface area contributed by atoms with Gasteiger partial charge in [-0.05, 0) is 24.0 Å². The summed E-state index contributed by atoms with van der Waals surface area (Å²) in [6.45, 7) is 8.48. The van der Waals surface area contributed by atoms with E-state index in [1.165, 1.54) is 5.56 Å². The Kier molecular flexibility index (Phi) is 2.45. The van der Waals surface area contributed by atoms with Crippen LogP contribution in [0, 0.1) is 6.92 Å². The highest BCUT2D eigenvalue weighted by molar-refractivity contribution is 5.57. The van der Waals surface area contributed by atoms with Gasteiger partial charge in [0.1, 0.15) is 17.2 Å². The molecule has 3 aromatic heterocycles. The number of imidazole rings is 1. The van der Waals surface area contributed by atoms with E-state index in [-0.39, 0.29) is 5.41 Å². The van der Waals surface area contributed by atoms with Gasteiger partial charge in [-0.3, -0.25) is 9.50 Å². The molecule has 1 N–H and O–H groups in total. The van der Waals surface area contributed by atoms with Crippen LogP contribution in [0.4, 0.5) is 0 Å².